The molecule has 0 rings (SSSR count). The molecule has 0 saturated carbocycles. The summed E-state index contributed by atoms with van der Waals surface area (Å²) >= 11 is 0. The van der Waals surface area contributed by atoms with Crippen LogP contribution in [0.25, 0.3) is 0 Å². The van der Waals surface area contributed by atoms with Crippen LogP contribution in [0.3, 0.4) is 0 Å². The van der Waals surface area contributed by atoms with E-state index in [4.69, 9.17) is 10.2 Å². The lowest BCUT2D eigenvalue weighted by Gasteiger charge is -2.26. The molecule has 1 amide bonds. The standard InChI is InChI=1S/C5H10NO3/c1-3-5(8,9)6(2)4-7/h8-9H,3H2,1-2H3. The third-order valence-corrected chi connectivity index (χ3v) is 1.15. The van der Waals surface area contributed by atoms with Crippen LogP contribution in [-0.2, 0) is 4.79 Å². The van der Waals surface area contributed by atoms with E-state index in [9.17, 15) is 4.79 Å². The van der Waals surface area contributed by atoms with Crippen LogP contribution < -0.4 is 0 Å². The van der Waals surface area contributed by atoms with Crippen molar-refractivity contribution in [3.05, 3.63) is 0 Å². The zero-order chi connectivity index (χ0) is 7.49. The van der Waals surface area contributed by atoms with Gasteiger partial charge >= 0.3 is 6.41 Å². The normalized spacial score (nSPS) is 11.1. The lowest BCUT2D eigenvalue weighted by Crippen LogP contribution is -2.44. The summed E-state index contributed by atoms with van der Waals surface area (Å²) in [5, 5.41) is 17.6. The summed E-state index contributed by atoms with van der Waals surface area (Å²) in [7, 11) is 1.25. The molecular weight excluding hydrogens is 122 g/mol. The van der Waals surface area contributed by atoms with Gasteiger partial charge in [-0.3, -0.25) is 9.69 Å². The number of nitrogens with zero attached hydrogens (tertiary/aromatic N) is 1. The minimum Gasteiger partial charge on any atom is -0.349 e. The van der Waals surface area contributed by atoms with Crippen LogP contribution in [0.5, 0.6) is 0 Å². The van der Waals surface area contributed by atoms with Crippen LogP contribution in [-0.4, -0.2) is 34.5 Å². The van der Waals surface area contributed by atoms with Gasteiger partial charge in [0.15, 0.2) is 0 Å². The molecule has 9 heavy (non-hydrogen) atoms. The highest BCUT2D eigenvalue weighted by atomic mass is 16.5. The molecule has 0 atom stereocenters. The van der Waals surface area contributed by atoms with Gasteiger partial charge in [0, 0.05) is 13.5 Å². The summed E-state index contributed by atoms with van der Waals surface area (Å²) < 4.78 is 0. The van der Waals surface area contributed by atoms with Gasteiger partial charge in [-0.05, 0) is 0 Å². The first-order chi connectivity index (χ1) is 4.04. The van der Waals surface area contributed by atoms with Crippen LogP contribution in [0, 0.1) is 0 Å². The van der Waals surface area contributed by atoms with E-state index >= 15 is 0 Å². The molecule has 0 saturated heterocycles. The fraction of sp³-hybridized carbons (Fsp3) is 0.800. The van der Waals surface area contributed by atoms with E-state index < -0.39 is 5.91 Å². The minimum absolute atomic E-state index is 0.0682. The highest BCUT2D eigenvalue weighted by molar-refractivity contribution is 5.48. The molecule has 0 aliphatic heterocycles. The Morgan fingerprint density at radius 1 is 1.67 bits per heavy atom. The molecule has 0 aromatic rings. The SMILES string of the molecule is CCC(O)(O)N(C)[C]=O. The molecule has 0 spiro atoms. The van der Waals surface area contributed by atoms with Crippen LogP contribution in [0.2, 0.25) is 0 Å². The Bertz CT molecular complexity index is 102. The molecule has 2 N–H and O–H groups in total. The van der Waals surface area contributed by atoms with Gasteiger partial charge in [-0.1, -0.05) is 6.92 Å². The average Bonchev–Trinajstić information content (AvgIpc) is 1.86. The maximum Gasteiger partial charge on any atom is 0.316 e. The van der Waals surface area contributed by atoms with Crippen LogP contribution in [0.15, 0.2) is 0 Å². The van der Waals surface area contributed by atoms with Gasteiger partial charge in [-0.2, -0.15) is 0 Å². The van der Waals surface area contributed by atoms with E-state index in [2.05, 4.69) is 0 Å². The Labute approximate surface area is 53.7 Å². The van der Waals surface area contributed by atoms with Crippen molar-refractivity contribution in [3.63, 3.8) is 0 Å². The van der Waals surface area contributed by atoms with Gasteiger partial charge < -0.3 is 10.2 Å². The predicted molar refractivity (Wildman–Crippen MR) is 30.9 cm³/mol. The van der Waals surface area contributed by atoms with E-state index in [0.717, 1.165) is 0 Å². The van der Waals surface area contributed by atoms with E-state index in [-0.39, 0.29) is 6.42 Å². The van der Waals surface area contributed by atoms with Gasteiger partial charge in [0.1, 0.15) is 0 Å². The Balaban J connectivity index is 3.95. The van der Waals surface area contributed by atoms with Gasteiger partial charge in [0.2, 0.25) is 5.91 Å². The minimum atomic E-state index is -2.04. The van der Waals surface area contributed by atoms with Gasteiger partial charge in [0.25, 0.3) is 0 Å². The van der Waals surface area contributed by atoms with E-state index in [1.165, 1.54) is 13.5 Å². The second-order valence-electron chi connectivity index (χ2n) is 1.78. The van der Waals surface area contributed by atoms with Crippen LogP contribution >= 0.6 is 0 Å². The molecule has 53 valence electrons. The Hall–Kier alpha value is -0.610. The first-order valence-corrected chi connectivity index (χ1v) is 2.61. The first kappa shape index (κ1) is 8.39. The topological polar surface area (TPSA) is 60.8 Å². The van der Waals surface area contributed by atoms with Crippen molar-refractivity contribution < 1.29 is 15.0 Å². The molecule has 0 aliphatic rings. The number of carbonyl (C=O) groups excluding carboxylic acids is 1. The third kappa shape index (κ3) is 1.99. The van der Waals surface area contributed by atoms with E-state index in [1.807, 2.05) is 0 Å². The summed E-state index contributed by atoms with van der Waals surface area (Å²) in [6, 6.07) is 0. The number of aliphatic hydroxyl groups is 2. The third-order valence-electron chi connectivity index (χ3n) is 1.15. The zero-order valence-corrected chi connectivity index (χ0v) is 5.46. The second-order valence-corrected chi connectivity index (χ2v) is 1.78. The van der Waals surface area contributed by atoms with Crippen molar-refractivity contribution in [2.24, 2.45) is 0 Å². The molecule has 0 aliphatic carbocycles. The maximum atomic E-state index is 9.79. The van der Waals surface area contributed by atoms with Gasteiger partial charge in [-0.15, -0.1) is 0 Å². The van der Waals surface area contributed by atoms with Crippen molar-refractivity contribution in [3.8, 4) is 0 Å². The van der Waals surface area contributed by atoms with Crippen molar-refractivity contribution in [1.29, 1.82) is 0 Å². The lowest BCUT2D eigenvalue weighted by atomic mass is 10.3. The molecule has 0 heterocycles. The molecule has 0 bridgehead atoms. The Morgan fingerprint density at radius 3 is 2.22 bits per heavy atom. The molecular formula is C5H10NO3. The fourth-order valence-corrected chi connectivity index (χ4v) is 0.310. The average molecular weight is 132 g/mol. The molecule has 0 fully saturated rings. The summed E-state index contributed by atoms with van der Waals surface area (Å²) in [6.07, 6.45) is 1.41. The predicted octanol–water partition coefficient (Wildman–Crippen LogP) is -0.966. The number of rotatable bonds is 3. The quantitative estimate of drug-likeness (QED) is 0.384. The van der Waals surface area contributed by atoms with Gasteiger partial charge in [-0.25, -0.2) is 0 Å². The monoisotopic (exact) mass is 132 g/mol. The Morgan fingerprint density at radius 2 is 2.11 bits per heavy atom. The van der Waals surface area contributed by atoms with Gasteiger partial charge in [0.05, 0.1) is 0 Å². The van der Waals surface area contributed by atoms with Crippen LogP contribution in [0.4, 0.5) is 0 Å². The smallest absolute Gasteiger partial charge is 0.316 e. The second kappa shape index (κ2) is 2.80. The van der Waals surface area contributed by atoms with Crippen molar-refractivity contribution in [2.45, 2.75) is 19.3 Å². The maximum absolute atomic E-state index is 9.79. The van der Waals surface area contributed by atoms with Crippen molar-refractivity contribution in [2.75, 3.05) is 7.05 Å². The zero-order valence-electron chi connectivity index (χ0n) is 5.46. The number of amides is 1. The Kier molecular flexibility index (Phi) is 2.61. The molecule has 0 aromatic heterocycles. The number of hydrogen-bond donors (Lipinski definition) is 2. The summed E-state index contributed by atoms with van der Waals surface area (Å²) in [5.74, 6) is -2.04. The first-order valence-electron chi connectivity index (χ1n) is 2.61. The molecule has 1 radical (unpaired) electrons. The largest absolute Gasteiger partial charge is 0.349 e. The van der Waals surface area contributed by atoms with Crippen molar-refractivity contribution in [1.82, 2.24) is 4.90 Å². The molecule has 4 nitrogen and oxygen atoms in total. The molecule has 0 unspecified atom stereocenters. The summed E-state index contributed by atoms with van der Waals surface area (Å²) in [5.41, 5.74) is 0. The summed E-state index contributed by atoms with van der Waals surface area (Å²) in [4.78, 5) is 10.5. The van der Waals surface area contributed by atoms with E-state index in [1.54, 1.807) is 6.92 Å². The summed E-state index contributed by atoms with van der Waals surface area (Å²) in [6.45, 7) is 1.55. The van der Waals surface area contributed by atoms with E-state index in [0.29, 0.717) is 4.90 Å². The highest BCUT2D eigenvalue weighted by Gasteiger charge is 2.25. The molecule has 0 aromatic carbocycles. The lowest BCUT2D eigenvalue weighted by molar-refractivity contribution is -0.233. The van der Waals surface area contributed by atoms with Crippen LogP contribution in [0.1, 0.15) is 13.3 Å². The highest BCUT2D eigenvalue weighted by Crippen LogP contribution is 2.06. The number of hydrogen-bond acceptors (Lipinski definition) is 3. The molecule has 4 heteroatoms. The van der Waals surface area contributed by atoms with Crippen molar-refractivity contribution >= 4 is 6.41 Å². The fourth-order valence-electron chi connectivity index (χ4n) is 0.310.